The summed E-state index contributed by atoms with van der Waals surface area (Å²) in [5, 5.41) is 0. The van der Waals surface area contributed by atoms with E-state index in [-0.39, 0.29) is 16.7 Å². The van der Waals surface area contributed by atoms with Gasteiger partial charge in [-0.25, -0.2) is 9.55 Å². The van der Waals surface area contributed by atoms with Crippen LogP contribution in [0.15, 0.2) is 30.7 Å². The molecule has 0 radical (unpaired) electrons. The highest BCUT2D eigenvalue weighted by Crippen LogP contribution is 2.38. The van der Waals surface area contributed by atoms with Crippen LogP contribution in [0.25, 0.3) is 16.9 Å². The van der Waals surface area contributed by atoms with E-state index in [9.17, 15) is 0 Å². The Morgan fingerprint density at radius 3 is 2.81 bits per heavy atom. The Kier molecular flexibility index (Phi) is 2.35. The molecule has 0 atom stereocenters. The van der Waals surface area contributed by atoms with Crippen molar-refractivity contribution >= 4 is 0 Å². The van der Waals surface area contributed by atoms with Gasteiger partial charge in [0.25, 0.3) is 0 Å². The maximum atomic E-state index is 8.69. The Morgan fingerprint density at radius 2 is 2.08 bits per heavy atom. The zero-order chi connectivity index (χ0) is 25.4. The second-order valence-electron chi connectivity index (χ2n) is 7.23. The molecule has 3 heterocycles. The van der Waals surface area contributed by atoms with Crippen LogP contribution < -0.4 is 4.57 Å². The molecule has 26 heavy (non-hydrogen) atoms. The van der Waals surface area contributed by atoms with E-state index < -0.39 is 26.0 Å². The Labute approximate surface area is 167 Å². The van der Waals surface area contributed by atoms with E-state index in [0.717, 1.165) is 22.5 Å². The Balaban J connectivity index is 2.08. The quantitative estimate of drug-likeness (QED) is 0.500. The molecular formula is C23H28N3+. The Morgan fingerprint density at radius 1 is 1.27 bits per heavy atom. The summed E-state index contributed by atoms with van der Waals surface area (Å²) < 4.78 is 69.2. The molecule has 3 aromatic rings. The van der Waals surface area contributed by atoms with Crippen molar-refractivity contribution in [1.29, 1.82) is 0 Å². The third-order valence-corrected chi connectivity index (χ3v) is 4.87. The van der Waals surface area contributed by atoms with Gasteiger partial charge in [0.05, 0.1) is 11.3 Å². The average molecular weight is 355 g/mol. The number of imidazole rings is 1. The largest absolute Gasteiger partial charge is 0.303 e. The van der Waals surface area contributed by atoms with E-state index in [0.29, 0.717) is 17.8 Å². The molecule has 0 unspecified atom stereocenters. The molecule has 1 aromatic carbocycles. The SMILES string of the molecule is [2H]C([2H])([2H])c1c[n+](C)c(-c2c(C)cc(C([2H])([2H])[2H])c3c2Cc2nccn2-3)cc1C([2H])([2H])C(C)C. The molecule has 4 rings (SSSR count). The van der Waals surface area contributed by atoms with Crippen molar-refractivity contribution in [2.45, 2.75) is 47.3 Å². The van der Waals surface area contributed by atoms with Gasteiger partial charge in [0.2, 0.25) is 5.69 Å². The normalized spacial score (nSPS) is 18.7. The molecular weight excluding hydrogens is 318 g/mol. The van der Waals surface area contributed by atoms with Crippen molar-refractivity contribution in [2.24, 2.45) is 13.0 Å². The van der Waals surface area contributed by atoms with Gasteiger partial charge in [0.15, 0.2) is 6.20 Å². The van der Waals surface area contributed by atoms with Crippen molar-refractivity contribution < 1.29 is 15.5 Å². The lowest BCUT2D eigenvalue weighted by atomic mass is 9.91. The van der Waals surface area contributed by atoms with Crippen molar-refractivity contribution in [3.63, 3.8) is 0 Å². The van der Waals surface area contributed by atoms with Gasteiger partial charge in [-0.1, -0.05) is 19.9 Å². The molecule has 0 aliphatic carbocycles. The number of pyridine rings is 1. The van der Waals surface area contributed by atoms with E-state index in [2.05, 4.69) is 4.98 Å². The van der Waals surface area contributed by atoms with Gasteiger partial charge in [0, 0.05) is 41.4 Å². The van der Waals surface area contributed by atoms with Gasteiger partial charge in [-0.05, 0) is 55.2 Å². The van der Waals surface area contributed by atoms with Gasteiger partial charge in [-0.3, -0.25) is 0 Å². The minimum absolute atomic E-state index is 0.0289. The monoisotopic (exact) mass is 354 g/mol. The summed E-state index contributed by atoms with van der Waals surface area (Å²) >= 11 is 0. The molecule has 134 valence electrons. The van der Waals surface area contributed by atoms with Crippen LogP contribution >= 0.6 is 0 Å². The minimum atomic E-state index is -2.49. The zero-order valence-electron chi connectivity index (χ0n) is 23.5. The van der Waals surface area contributed by atoms with E-state index in [1.807, 2.05) is 6.92 Å². The fourth-order valence-corrected chi connectivity index (χ4v) is 3.83. The lowest BCUT2D eigenvalue weighted by Gasteiger charge is -2.16. The van der Waals surface area contributed by atoms with E-state index >= 15 is 0 Å². The third kappa shape index (κ3) is 2.57. The first kappa shape index (κ1) is 10.1. The van der Waals surface area contributed by atoms with Crippen LogP contribution in [-0.2, 0) is 19.8 Å². The highest BCUT2D eigenvalue weighted by atomic mass is 15.1. The molecule has 0 saturated heterocycles. The Bertz CT molecular complexity index is 1280. The number of hydrogen-bond acceptors (Lipinski definition) is 1. The topological polar surface area (TPSA) is 21.7 Å². The first-order chi connectivity index (χ1) is 15.5. The predicted molar refractivity (Wildman–Crippen MR) is 106 cm³/mol. The van der Waals surface area contributed by atoms with Crippen molar-refractivity contribution in [3.05, 3.63) is 64.4 Å². The minimum Gasteiger partial charge on any atom is -0.303 e. The molecule has 3 heteroatoms. The summed E-state index contributed by atoms with van der Waals surface area (Å²) in [7, 11) is 1.73. The first-order valence-corrected chi connectivity index (χ1v) is 8.79. The van der Waals surface area contributed by atoms with Crippen molar-refractivity contribution in [2.75, 3.05) is 0 Å². The molecule has 3 nitrogen and oxygen atoms in total. The van der Waals surface area contributed by atoms with Crippen LogP contribution in [0.5, 0.6) is 0 Å². The number of benzene rings is 1. The molecule has 0 amide bonds. The average Bonchev–Trinajstić information content (AvgIpc) is 3.27. The summed E-state index contributed by atoms with van der Waals surface area (Å²) in [6.45, 7) is 0.470. The molecule has 0 bridgehead atoms. The molecule has 0 fully saturated rings. The fourth-order valence-electron chi connectivity index (χ4n) is 3.83. The number of nitrogens with zero attached hydrogens (tertiary/aromatic N) is 3. The van der Waals surface area contributed by atoms with Crippen LogP contribution in [0.3, 0.4) is 0 Å². The van der Waals surface area contributed by atoms with Gasteiger partial charge in [-0.2, -0.15) is 0 Å². The van der Waals surface area contributed by atoms with Crippen LogP contribution in [0.1, 0.15) is 58.5 Å². The second-order valence-corrected chi connectivity index (χ2v) is 7.23. The number of aryl methyl sites for hydroxylation is 4. The fraction of sp³-hybridized carbons (Fsp3) is 0.391. The highest BCUT2D eigenvalue weighted by Gasteiger charge is 2.29. The van der Waals surface area contributed by atoms with Crippen molar-refractivity contribution in [3.8, 4) is 16.9 Å². The van der Waals surface area contributed by atoms with E-state index in [4.69, 9.17) is 11.0 Å². The summed E-state index contributed by atoms with van der Waals surface area (Å²) in [5.41, 5.74) is 3.82. The number of hydrogen-bond donors (Lipinski definition) is 0. The van der Waals surface area contributed by atoms with Crippen LogP contribution in [0.4, 0.5) is 0 Å². The van der Waals surface area contributed by atoms with Crippen LogP contribution in [0.2, 0.25) is 0 Å². The molecule has 0 spiro atoms. The summed E-state index contributed by atoms with van der Waals surface area (Å²) in [6.07, 6.45) is 3.41. The van der Waals surface area contributed by atoms with E-state index in [1.165, 1.54) is 6.20 Å². The molecule has 0 saturated carbocycles. The third-order valence-electron chi connectivity index (χ3n) is 4.87. The molecule has 1 aliphatic heterocycles. The van der Waals surface area contributed by atoms with E-state index in [1.54, 1.807) is 54.6 Å². The van der Waals surface area contributed by atoms with Crippen molar-refractivity contribution in [1.82, 2.24) is 9.55 Å². The summed E-state index contributed by atoms with van der Waals surface area (Å²) in [4.78, 5) is 4.39. The van der Waals surface area contributed by atoms with Crippen LogP contribution in [-0.4, -0.2) is 9.55 Å². The summed E-state index contributed by atoms with van der Waals surface area (Å²) in [5.74, 6) is 0.274. The lowest BCUT2D eigenvalue weighted by Crippen LogP contribution is -2.32. The second kappa shape index (κ2) is 6.08. The maximum absolute atomic E-state index is 8.69. The van der Waals surface area contributed by atoms with Crippen LogP contribution in [0, 0.1) is 26.5 Å². The zero-order valence-corrected chi connectivity index (χ0v) is 15.5. The van der Waals surface area contributed by atoms with Gasteiger partial charge in [-0.15, -0.1) is 0 Å². The Hall–Kier alpha value is -2.42. The molecule has 2 aromatic heterocycles. The maximum Gasteiger partial charge on any atom is 0.213 e. The number of rotatable bonds is 3. The lowest BCUT2D eigenvalue weighted by molar-refractivity contribution is -0.660. The van der Waals surface area contributed by atoms with Gasteiger partial charge >= 0.3 is 0 Å². The first-order valence-electron chi connectivity index (χ1n) is 12.8. The number of aromatic nitrogens is 3. The standard InChI is InChI=1S/C23H28N3/c1-14(2)9-18-11-20(25(6)13-17(18)5)22-15(3)10-16(4)23-19(22)12-21-24-7-8-26(21)23/h7-8,10-11,13-14H,9,12H2,1-6H3/q+1/i4D3,5D3,9D2. The predicted octanol–water partition coefficient (Wildman–Crippen LogP) is 4.39. The van der Waals surface area contributed by atoms with Gasteiger partial charge in [0.1, 0.15) is 12.9 Å². The molecule has 0 N–H and O–H groups in total. The highest BCUT2D eigenvalue weighted by molar-refractivity contribution is 5.75. The smallest absolute Gasteiger partial charge is 0.213 e. The molecule has 1 aliphatic rings. The number of fused-ring (bicyclic) bond motifs is 3. The van der Waals surface area contributed by atoms with Gasteiger partial charge < -0.3 is 4.57 Å². The summed E-state index contributed by atoms with van der Waals surface area (Å²) in [6, 6.07) is 3.28.